The SMILES string of the molecule is C=C(C)CN1C(=S)NC2c3cc(C)ccc3OC1(C)C2C. The van der Waals surface area contributed by atoms with E-state index in [1.165, 1.54) is 11.1 Å². The van der Waals surface area contributed by atoms with Crippen molar-refractivity contribution >= 4 is 17.3 Å². The van der Waals surface area contributed by atoms with Crippen molar-refractivity contribution in [3.8, 4) is 5.75 Å². The highest BCUT2D eigenvalue weighted by atomic mass is 32.1. The molecule has 0 radical (unpaired) electrons. The average molecular weight is 302 g/mol. The van der Waals surface area contributed by atoms with E-state index < -0.39 is 5.72 Å². The molecule has 3 rings (SSSR count). The first-order valence-electron chi connectivity index (χ1n) is 7.35. The molecule has 0 saturated carbocycles. The number of nitrogens with zero attached hydrogens (tertiary/aromatic N) is 1. The average Bonchev–Trinajstić information content (AvgIpc) is 2.40. The van der Waals surface area contributed by atoms with Crippen molar-refractivity contribution in [1.82, 2.24) is 10.2 Å². The van der Waals surface area contributed by atoms with Crippen LogP contribution in [0.4, 0.5) is 0 Å². The third kappa shape index (κ3) is 2.13. The fourth-order valence-corrected chi connectivity index (χ4v) is 3.69. The fourth-order valence-electron chi connectivity index (χ4n) is 3.31. The highest BCUT2D eigenvalue weighted by Crippen LogP contribution is 2.48. The Hall–Kier alpha value is -1.55. The summed E-state index contributed by atoms with van der Waals surface area (Å²) in [7, 11) is 0. The third-order valence-corrected chi connectivity index (χ3v) is 4.99. The molecule has 2 aliphatic rings. The molecule has 1 saturated heterocycles. The minimum absolute atomic E-state index is 0.201. The van der Waals surface area contributed by atoms with E-state index in [0.29, 0.717) is 6.54 Å². The van der Waals surface area contributed by atoms with Crippen molar-refractivity contribution in [3.05, 3.63) is 41.5 Å². The Morgan fingerprint density at radius 2 is 2.24 bits per heavy atom. The van der Waals surface area contributed by atoms with Gasteiger partial charge in [0.15, 0.2) is 10.8 Å². The number of rotatable bonds is 2. The van der Waals surface area contributed by atoms with Crippen LogP contribution in [0.1, 0.15) is 37.9 Å². The van der Waals surface area contributed by atoms with Crippen LogP contribution in [0.3, 0.4) is 0 Å². The molecular formula is C17H22N2OS. The first-order chi connectivity index (χ1) is 9.83. The zero-order chi connectivity index (χ0) is 15.4. The normalized spacial score (nSPS) is 30.3. The molecule has 1 fully saturated rings. The molecule has 3 unspecified atom stereocenters. The number of benzene rings is 1. The second-order valence-corrected chi connectivity index (χ2v) is 6.84. The van der Waals surface area contributed by atoms with Crippen molar-refractivity contribution in [3.63, 3.8) is 0 Å². The molecular weight excluding hydrogens is 280 g/mol. The van der Waals surface area contributed by atoms with Crippen LogP contribution < -0.4 is 10.1 Å². The highest BCUT2D eigenvalue weighted by Gasteiger charge is 2.52. The smallest absolute Gasteiger partial charge is 0.187 e. The van der Waals surface area contributed by atoms with Gasteiger partial charge in [-0.3, -0.25) is 0 Å². The molecule has 21 heavy (non-hydrogen) atoms. The van der Waals surface area contributed by atoms with Crippen LogP contribution >= 0.6 is 12.2 Å². The summed E-state index contributed by atoms with van der Waals surface area (Å²) in [6, 6.07) is 6.55. The summed E-state index contributed by atoms with van der Waals surface area (Å²) in [6.45, 7) is 13.2. The van der Waals surface area contributed by atoms with Crippen LogP contribution in [0.15, 0.2) is 30.4 Å². The molecule has 1 aromatic rings. The van der Waals surface area contributed by atoms with Crippen LogP contribution in [0.25, 0.3) is 0 Å². The van der Waals surface area contributed by atoms with Gasteiger partial charge in [0.1, 0.15) is 5.75 Å². The number of hydrogen-bond acceptors (Lipinski definition) is 2. The monoisotopic (exact) mass is 302 g/mol. The minimum Gasteiger partial charge on any atom is -0.467 e. The predicted molar refractivity (Wildman–Crippen MR) is 89.4 cm³/mol. The summed E-state index contributed by atoms with van der Waals surface area (Å²) < 4.78 is 6.40. The van der Waals surface area contributed by atoms with Crippen molar-refractivity contribution in [2.45, 2.75) is 39.5 Å². The number of aryl methyl sites for hydroxylation is 1. The van der Waals surface area contributed by atoms with Gasteiger partial charge >= 0.3 is 0 Å². The Balaban J connectivity index is 2.09. The molecule has 2 bridgehead atoms. The molecule has 3 atom stereocenters. The van der Waals surface area contributed by atoms with E-state index in [1.807, 2.05) is 6.92 Å². The predicted octanol–water partition coefficient (Wildman–Crippen LogP) is 3.55. The van der Waals surface area contributed by atoms with E-state index in [2.05, 4.69) is 55.8 Å². The Labute approximate surface area is 132 Å². The number of ether oxygens (including phenoxy) is 1. The van der Waals surface area contributed by atoms with Gasteiger partial charge in [-0.15, -0.1) is 0 Å². The fraction of sp³-hybridized carbons (Fsp3) is 0.471. The maximum Gasteiger partial charge on any atom is 0.187 e. The van der Waals surface area contributed by atoms with E-state index in [1.54, 1.807) is 0 Å². The van der Waals surface area contributed by atoms with E-state index in [-0.39, 0.29) is 12.0 Å². The van der Waals surface area contributed by atoms with Gasteiger partial charge in [-0.1, -0.05) is 36.8 Å². The van der Waals surface area contributed by atoms with Crippen LogP contribution in [-0.4, -0.2) is 22.3 Å². The molecule has 2 aliphatic heterocycles. The van der Waals surface area contributed by atoms with Gasteiger partial charge in [0.2, 0.25) is 0 Å². The summed E-state index contributed by atoms with van der Waals surface area (Å²) >= 11 is 5.58. The van der Waals surface area contributed by atoms with E-state index in [0.717, 1.165) is 16.4 Å². The van der Waals surface area contributed by atoms with E-state index in [4.69, 9.17) is 17.0 Å². The van der Waals surface area contributed by atoms with Crippen molar-refractivity contribution in [2.75, 3.05) is 6.54 Å². The van der Waals surface area contributed by atoms with Crippen molar-refractivity contribution in [1.29, 1.82) is 0 Å². The number of thiocarbonyl (C=S) groups is 1. The maximum atomic E-state index is 6.40. The lowest BCUT2D eigenvalue weighted by Gasteiger charge is -2.56. The molecule has 3 nitrogen and oxygen atoms in total. The lowest BCUT2D eigenvalue weighted by molar-refractivity contribution is -0.107. The maximum absolute atomic E-state index is 6.40. The lowest BCUT2D eigenvalue weighted by Crippen LogP contribution is -2.69. The summed E-state index contributed by atoms with van der Waals surface area (Å²) in [5.41, 5.74) is 3.08. The van der Waals surface area contributed by atoms with Crippen molar-refractivity contribution in [2.24, 2.45) is 5.92 Å². The largest absolute Gasteiger partial charge is 0.467 e. The molecule has 0 spiro atoms. The topological polar surface area (TPSA) is 24.5 Å². The Bertz CT molecular complexity index is 627. The van der Waals surface area contributed by atoms with Crippen molar-refractivity contribution < 1.29 is 4.74 Å². The number of fused-ring (bicyclic) bond motifs is 4. The molecule has 1 aromatic carbocycles. The standard InChI is InChI=1S/C17H22N2OS/c1-10(2)9-19-16(21)18-15-12(4)17(19,5)20-14-7-6-11(3)8-13(14)15/h6-8,12,15H,1,9H2,2-5H3,(H,18,21). The molecule has 0 amide bonds. The van der Waals surface area contributed by atoms with Gasteiger partial charge in [0.25, 0.3) is 0 Å². The van der Waals surface area contributed by atoms with Gasteiger partial charge in [-0.2, -0.15) is 0 Å². The van der Waals surface area contributed by atoms with Crippen LogP contribution in [0, 0.1) is 12.8 Å². The number of nitrogens with one attached hydrogen (secondary N) is 1. The minimum atomic E-state index is -0.436. The molecule has 2 heterocycles. The zero-order valence-electron chi connectivity index (χ0n) is 13.1. The zero-order valence-corrected chi connectivity index (χ0v) is 13.9. The highest BCUT2D eigenvalue weighted by molar-refractivity contribution is 7.80. The second-order valence-electron chi connectivity index (χ2n) is 6.46. The second kappa shape index (κ2) is 4.73. The van der Waals surface area contributed by atoms with Crippen LogP contribution in [-0.2, 0) is 0 Å². The molecule has 1 N–H and O–H groups in total. The summed E-state index contributed by atoms with van der Waals surface area (Å²) in [4.78, 5) is 2.12. The Kier molecular flexibility index (Phi) is 3.24. The summed E-state index contributed by atoms with van der Waals surface area (Å²) in [5.74, 6) is 1.24. The third-order valence-electron chi connectivity index (χ3n) is 4.65. The molecule has 0 aliphatic carbocycles. The van der Waals surface area contributed by atoms with Gasteiger partial charge in [-0.05, 0) is 39.1 Å². The Morgan fingerprint density at radius 1 is 1.52 bits per heavy atom. The van der Waals surface area contributed by atoms with Gasteiger partial charge in [0.05, 0.1) is 6.04 Å². The van der Waals surface area contributed by atoms with Crippen LogP contribution in [0.2, 0.25) is 0 Å². The summed E-state index contributed by atoms with van der Waals surface area (Å²) in [5, 5.41) is 4.24. The van der Waals surface area contributed by atoms with E-state index >= 15 is 0 Å². The quantitative estimate of drug-likeness (QED) is 0.667. The first-order valence-corrected chi connectivity index (χ1v) is 7.76. The Morgan fingerprint density at radius 3 is 2.90 bits per heavy atom. The van der Waals surface area contributed by atoms with Crippen LogP contribution in [0.5, 0.6) is 5.75 Å². The van der Waals surface area contributed by atoms with Gasteiger partial charge in [0, 0.05) is 18.0 Å². The van der Waals surface area contributed by atoms with Gasteiger partial charge < -0.3 is 15.0 Å². The number of hydrogen-bond donors (Lipinski definition) is 1. The molecule has 0 aromatic heterocycles. The lowest BCUT2D eigenvalue weighted by atomic mass is 9.80. The summed E-state index contributed by atoms with van der Waals surface area (Å²) in [6.07, 6.45) is 0. The molecule has 4 heteroatoms. The van der Waals surface area contributed by atoms with E-state index in [9.17, 15) is 0 Å². The van der Waals surface area contributed by atoms with Gasteiger partial charge in [-0.25, -0.2) is 0 Å². The first kappa shape index (κ1) is 14.4. The molecule has 112 valence electrons.